The van der Waals surface area contributed by atoms with Gasteiger partial charge in [-0.3, -0.25) is 0 Å². The number of aromatic nitrogens is 1. The first-order chi connectivity index (χ1) is 5.77. The normalized spacial score (nSPS) is 16.1. The second-order valence-corrected chi connectivity index (χ2v) is 3.73. The van der Waals surface area contributed by atoms with E-state index in [0.29, 0.717) is 16.3 Å². The summed E-state index contributed by atoms with van der Waals surface area (Å²) in [5.41, 5.74) is 7.47. The summed E-state index contributed by atoms with van der Waals surface area (Å²) in [6, 6.07) is 2.53. The summed E-state index contributed by atoms with van der Waals surface area (Å²) in [6.07, 6.45) is 4.24. The third-order valence-electron chi connectivity index (χ3n) is 1.88. The first-order valence-corrected chi connectivity index (χ1v) is 4.73. The molecule has 0 aromatic carbocycles. The minimum Gasteiger partial charge on any atom is -0.395 e. The van der Waals surface area contributed by atoms with Crippen LogP contribution in [0.3, 0.4) is 0 Å². The van der Waals surface area contributed by atoms with Gasteiger partial charge in [-0.25, -0.2) is 4.98 Å². The molecule has 4 heteroatoms. The van der Waals surface area contributed by atoms with Gasteiger partial charge in [-0.15, -0.1) is 0 Å². The maximum atomic E-state index is 5.79. The van der Waals surface area contributed by atoms with E-state index in [1.165, 1.54) is 12.8 Å². The monoisotopic (exact) mass is 227 g/mol. The number of nitrogens with one attached hydrogen (secondary N) is 1. The molecule has 1 aliphatic carbocycles. The van der Waals surface area contributed by atoms with Crippen molar-refractivity contribution in [2.24, 2.45) is 0 Å². The summed E-state index contributed by atoms with van der Waals surface area (Å²) in [4.78, 5) is 4.02. The Hall–Kier alpha value is -0.770. The number of halogens is 1. The molecule has 1 aliphatic rings. The van der Waals surface area contributed by atoms with Crippen LogP contribution in [0.5, 0.6) is 0 Å². The fraction of sp³-hybridized carbons (Fsp3) is 0.375. The standard InChI is InChI=1S/C8H10BrN3/c9-8-7(10)6(3-4-11-8)12-5-1-2-5/h3-5H,1-2,10H2,(H,11,12). The van der Waals surface area contributed by atoms with Gasteiger partial charge in [0.05, 0.1) is 11.4 Å². The van der Waals surface area contributed by atoms with Crippen molar-refractivity contribution in [2.75, 3.05) is 11.1 Å². The number of nitrogens with zero attached hydrogens (tertiary/aromatic N) is 1. The van der Waals surface area contributed by atoms with Gasteiger partial charge in [-0.2, -0.15) is 0 Å². The highest BCUT2D eigenvalue weighted by molar-refractivity contribution is 9.10. The number of hydrogen-bond acceptors (Lipinski definition) is 3. The lowest BCUT2D eigenvalue weighted by Crippen LogP contribution is -2.04. The van der Waals surface area contributed by atoms with Crippen LogP contribution in [-0.2, 0) is 0 Å². The van der Waals surface area contributed by atoms with Crippen LogP contribution in [0.25, 0.3) is 0 Å². The highest BCUT2D eigenvalue weighted by Gasteiger charge is 2.21. The zero-order valence-corrected chi connectivity index (χ0v) is 8.13. The third kappa shape index (κ3) is 1.53. The molecular formula is C8H10BrN3. The van der Waals surface area contributed by atoms with Crippen molar-refractivity contribution in [3.05, 3.63) is 16.9 Å². The van der Waals surface area contributed by atoms with Gasteiger partial charge in [0.1, 0.15) is 4.60 Å². The Morgan fingerprint density at radius 3 is 3.00 bits per heavy atom. The third-order valence-corrected chi connectivity index (χ3v) is 2.51. The van der Waals surface area contributed by atoms with Crippen LogP contribution in [-0.4, -0.2) is 11.0 Å². The molecule has 64 valence electrons. The quantitative estimate of drug-likeness (QED) is 0.761. The summed E-state index contributed by atoms with van der Waals surface area (Å²) in [5, 5.41) is 3.33. The molecule has 2 rings (SSSR count). The predicted molar refractivity (Wildman–Crippen MR) is 53.0 cm³/mol. The van der Waals surface area contributed by atoms with E-state index in [9.17, 15) is 0 Å². The van der Waals surface area contributed by atoms with E-state index in [2.05, 4.69) is 26.2 Å². The predicted octanol–water partition coefficient (Wildman–Crippen LogP) is 2.00. The number of nitrogen functional groups attached to an aromatic ring is 1. The van der Waals surface area contributed by atoms with Gasteiger partial charge >= 0.3 is 0 Å². The van der Waals surface area contributed by atoms with E-state index in [1.807, 2.05) is 6.07 Å². The maximum Gasteiger partial charge on any atom is 0.131 e. The SMILES string of the molecule is Nc1c(NC2CC2)ccnc1Br. The highest BCUT2D eigenvalue weighted by atomic mass is 79.9. The van der Waals surface area contributed by atoms with Gasteiger partial charge in [-0.05, 0) is 34.8 Å². The second kappa shape index (κ2) is 2.94. The molecule has 0 spiro atoms. The molecule has 0 aliphatic heterocycles. The molecule has 3 nitrogen and oxygen atoms in total. The number of pyridine rings is 1. The molecule has 0 bridgehead atoms. The Morgan fingerprint density at radius 2 is 2.33 bits per heavy atom. The Labute approximate surface area is 79.5 Å². The smallest absolute Gasteiger partial charge is 0.131 e. The topological polar surface area (TPSA) is 50.9 Å². The van der Waals surface area contributed by atoms with Gasteiger partial charge in [0.2, 0.25) is 0 Å². The van der Waals surface area contributed by atoms with Gasteiger partial charge in [0.25, 0.3) is 0 Å². The van der Waals surface area contributed by atoms with Gasteiger partial charge in [0, 0.05) is 12.2 Å². The van der Waals surface area contributed by atoms with Crippen LogP contribution < -0.4 is 11.1 Å². The lowest BCUT2D eigenvalue weighted by atomic mass is 10.3. The van der Waals surface area contributed by atoms with Crippen molar-refractivity contribution in [1.82, 2.24) is 4.98 Å². The summed E-state index contributed by atoms with van der Waals surface area (Å²) in [7, 11) is 0. The summed E-state index contributed by atoms with van der Waals surface area (Å²) >= 11 is 3.28. The van der Waals surface area contributed by atoms with E-state index in [-0.39, 0.29) is 0 Å². The minimum absolute atomic E-state index is 0.626. The van der Waals surface area contributed by atoms with Crippen molar-refractivity contribution >= 4 is 27.3 Å². The molecule has 1 saturated carbocycles. The molecule has 1 aromatic rings. The van der Waals surface area contributed by atoms with Crippen molar-refractivity contribution in [3.63, 3.8) is 0 Å². The minimum atomic E-state index is 0.626. The van der Waals surface area contributed by atoms with Gasteiger partial charge < -0.3 is 11.1 Å². The van der Waals surface area contributed by atoms with Crippen LogP contribution in [0.2, 0.25) is 0 Å². The van der Waals surface area contributed by atoms with Crippen LogP contribution >= 0.6 is 15.9 Å². The molecule has 0 unspecified atom stereocenters. The number of nitrogens with two attached hydrogens (primary N) is 1. The Bertz CT molecular complexity index is 296. The molecule has 0 amide bonds. The molecule has 12 heavy (non-hydrogen) atoms. The Morgan fingerprint density at radius 1 is 1.58 bits per heavy atom. The molecular weight excluding hydrogens is 218 g/mol. The number of rotatable bonds is 2. The molecule has 1 aromatic heterocycles. The van der Waals surface area contributed by atoms with Gasteiger partial charge in [-0.1, -0.05) is 0 Å². The molecule has 0 saturated heterocycles. The fourth-order valence-electron chi connectivity index (χ4n) is 1.02. The number of anilines is 2. The lowest BCUT2D eigenvalue weighted by molar-refractivity contribution is 1.14. The van der Waals surface area contributed by atoms with Crippen LogP contribution in [0.4, 0.5) is 11.4 Å². The second-order valence-electron chi connectivity index (χ2n) is 2.98. The molecule has 0 atom stereocenters. The first-order valence-electron chi connectivity index (χ1n) is 3.94. The maximum absolute atomic E-state index is 5.79. The summed E-state index contributed by atoms with van der Waals surface area (Å²) in [5.74, 6) is 0. The Kier molecular flexibility index (Phi) is 1.92. The molecule has 3 N–H and O–H groups in total. The van der Waals surface area contributed by atoms with Crippen LogP contribution in [0.15, 0.2) is 16.9 Å². The van der Waals surface area contributed by atoms with Crippen LogP contribution in [0, 0.1) is 0 Å². The van der Waals surface area contributed by atoms with Crippen molar-refractivity contribution in [2.45, 2.75) is 18.9 Å². The first kappa shape index (κ1) is 7.86. The molecule has 1 heterocycles. The van der Waals surface area contributed by atoms with Crippen LogP contribution in [0.1, 0.15) is 12.8 Å². The lowest BCUT2D eigenvalue weighted by Gasteiger charge is -2.07. The molecule has 1 fully saturated rings. The van der Waals surface area contributed by atoms with Gasteiger partial charge in [0.15, 0.2) is 0 Å². The summed E-state index contributed by atoms with van der Waals surface area (Å²) < 4.78 is 0.716. The average molecular weight is 228 g/mol. The zero-order valence-electron chi connectivity index (χ0n) is 6.55. The Balaban J connectivity index is 2.23. The van der Waals surface area contributed by atoms with E-state index >= 15 is 0 Å². The zero-order chi connectivity index (χ0) is 8.55. The van der Waals surface area contributed by atoms with Crippen molar-refractivity contribution in [1.29, 1.82) is 0 Å². The highest BCUT2D eigenvalue weighted by Crippen LogP contribution is 2.30. The number of hydrogen-bond donors (Lipinski definition) is 2. The summed E-state index contributed by atoms with van der Waals surface area (Å²) in [6.45, 7) is 0. The fourth-order valence-corrected chi connectivity index (χ4v) is 1.35. The van der Waals surface area contributed by atoms with Crippen molar-refractivity contribution < 1.29 is 0 Å². The largest absolute Gasteiger partial charge is 0.395 e. The molecule has 0 radical (unpaired) electrons. The van der Waals surface area contributed by atoms with E-state index in [4.69, 9.17) is 5.73 Å². The van der Waals surface area contributed by atoms with E-state index in [0.717, 1.165) is 5.69 Å². The van der Waals surface area contributed by atoms with E-state index < -0.39 is 0 Å². The van der Waals surface area contributed by atoms with E-state index in [1.54, 1.807) is 6.20 Å². The van der Waals surface area contributed by atoms with Crippen molar-refractivity contribution in [3.8, 4) is 0 Å². The average Bonchev–Trinajstić information content (AvgIpc) is 2.83.